The first kappa shape index (κ1) is 17.1. The van der Waals surface area contributed by atoms with Crippen molar-refractivity contribution in [2.24, 2.45) is 0 Å². The Morgan fingerprint density at radius 3 is 2.75 bits per heavy atom. The van der Waals surface area contributed by atoms with Crippen LogP contribution in [-0.2, 0) is 4.79 Å². The monoisotopic (exact) mass is 368 g/mol. The van der Waals surface area contributed by atoms with Gasteiger partial charge in [0, 0.05) is 42.8 Å². The van der Waals surface area contributed by atoms with Gasteiger partial charge in [0.2, 0.25) is 5.91 Å². The first-order valence-electron chi connectivity index (χ1n) is 7.69. The topological polar surface area (TPSA) is 48.5 Å². The Morgan fingerprint density at radius 1 is 1.38 bits per heavy atom. The summed E-state index contributed by atoms with van der Waals surface area (Å²) >= 11 is 7.34. The highest BCUT2D eigenvalue weighted by Crippen LogP contribution is 2.21. The molecule has 1 aliphatic rings. The second-order valence-electron chi connectivity index (χ2n) is 5.63. The molecule has 1 fully saturated rings. The largest absolute Gasteiger partial charge is 0.346 e. The molecule has 0 unspecified atom stereocenters. The average molecular weight is 369 g/mol. The first-order valence-corrected chi connectivity index (χ1v) is 8.95. The molecule has 3 rings (SSSR count). The first-order chi connectivity index (χ1) is 11.5. The number of carbonyl (C=O) groups excluding carboxylic acids is 1. The molecule has 8 heteroatoms. The maximum absolute atomic E-state index is 13.8. The van der Waals surface area contributed by atoms with Crippen molar-refractivity contribution < 1.29 is 9.18 Å². The lowest BCUT2D eigenvalue weighted by atomic mass is 10.2. The molecule has 0 aliphatic carbocycles. The molecule has 1 aromatic heterocycles. The van der Waals surface area contributed by atoms with Gasteiger partial charge in [-0.2, -0.15) is 0 Å². The lowest BCUT2D eigenvalue weighted by Gasteiger charge is -2.37. The molecule has 0 saturated carbocycles. The SMILES string of the molecule is C[C@H](C(=O)Nc1ccc(Cl)cc1F)N1CCN(c2nccs2)CC1. The summed E-state index contributed by atoms with van der Waals surface area (Å²) in [5.41, 5.74) is 0.151. The van der Waals surface area contributed by atoms with Crippen LogP contribution >= 0.6 is 22.9 Å². The van der Waals surface area contributed by atoms with Crippen molar-refractivity contribution in [3.63, 3.8) is 0 Å². The number of piperazine rings is 1. The summed E-state index contributed by atoms with van der Waals surface area (Å²) in [5.74, 6) is -0.754. The van der Waals surface area contributed by atoms with Crippen molar-refractivity contribution in [2.75, 3.05) is 36.4 Å². The number of anilines is 2. The van der Waals surface area contributed by atoms with Gasteiger partial charge in [0.1, 0.15) is 5.82 Å². The van der Waals surface area contributed by atoms with Crippen LogP contribution < -0.4 is 10.2 Å². The number of hydrogen-bond acceptors (Lipinski definition) is 5. The average Bonchev–Trinajstić information content (AvgIpc) is 3.11. The van der Waals surface area contributed by atoms with Gasteiger partial charge in [0.25, 0.3) is 0 Å². The number of benzene rings is 1. The Hall–Kier alpha value is -1.70. The number of rotatable bonds is 4. The molecule has 1 aliphatic heterocycles. The lowest BCUT2D eigenvalue weighted by Crippen LogP contribution is -2.52. The number of amides is 1. The summed E-state index contributed by atoms with van der Waals surface area (Å²) in [4.78, 5) is 21.0. The lowest BCUT2D eigenvalue weighted by molar-refractivity contribution is -0.120. The van der Waals surface area contributed by atoms with Crippen LogP contribution in [0.4, 0.5) is 15.2 Å². The zero-order valence-electron chi connectivity index (χ0n) is 13.2. The van der Waals surface area contributed by atoms with E-state index in [2.05, 4.69) is 20.1 Å². The highest BCUT2D eigenvalue weighted by Gasteiger charge is 2.26. The summed E-state index contributed by atoms with van der Waals surface area (Å²) in [6.45, 7) is 5.00. The molecule has 128 valence electrons. The third-order valence-corrected chi connectivity index (χ3v) is 5.19. The minimum Gasteiger partial charge on any atom is -0.346 e. The van der Waals surface area contributed by atoms with Gasteiger partial charge < -0.3 is 10.2 Å². The quantitative estimate of drug-likeness (QED) is 0.901. The normalized spacial score (nSPS) is 16.9. The molecule has 1 atom stereocenters. The molecule has 0 radical (unpaired) electrons. The second-order valence-corrected chi connectivity index (χ2v) is 6.94. The summed E-state index contributed by atoms with van der Waals surface area (Å²) in [6.07, 6.45) is 1.79. The van der Waals surface area contributed by atoms with E-state index in [4.69, 9.17) is 11.6 Å². The van der Waals surface area contributed by atoms with Gasteiger partial charge in [0.15, 0.2) is 5.13 Å². The van der Waals surface area contributed by atoms with Crippen LogP contribution in [0.1, 0.15) is 6.92 Å². The van der Waals surface area contributed by atoms with Crippen LogP contribution in [0.5, 0.6) is 0 Å². The maximum Gasteiger partial charge on any atom is 0.241 e. The zero-order chi connectivity index (χ0) is 17.1. The molecule has 1 saturated heterocycles. The molecule has 1 aromatic carbocycles. The Balaban J connectivity index is 1.56. The number of hydrogen-bond donors (Lipinski definition) is 1. The third kappa shape index (κ3) is 3.85. The summed E-state index contributed by atoms with van der Waals surface area (Å²) < 4.78 is 13.8. The van der Waals surface area contributed by atoms with Crippen molar-refractivity contribution in [1.29, 1.82) is 0 Å². The van der Waals surface area contributed by atoms with E-state index in [9.17, 15) is 9.18 Å². The van der Waals surface area contributed by atoms with E-state index in [1.807, 2.05) is 12.3 Å². The minimum atomic E-state index is -0.531. The molecule has 0 spiro atoms. The third-order valence-electron chi connectivity index (χ3n) is 4.12. The van der Waals surface area contributed by atoms with Crippen LogP contribution in [0.15, 0.2) is 29.8 Å². The van der Waals surface area contributed by atoms with Crippen molar-refractivity contribution in [3.05, 3.63) is 40.6 Å². The molecule has 1 N–H and O–H groups in total. The summed E-state index contributed by atoms with van der Waals surface area (Å²) in [5, 5.41) is 5.90. The molecule has 2 aromatic rings. The van der Waals surface area contributed by atoms with E-state index in [1.165, 1.54) is 12.1 Å². The molecular formula is C16H18ClFN4OS. The van der Waals surface area contributed by atoms with E-state index in [-0.39, 0.29) is 17.6 Å². The van der Waals surface area contributed by atoms with Gasteiger partial charge in [-0.25, -0.2) is 9.37 Å². The van der Waals surface area contributed by atoms with E-state index in [1.54, 1.807) is 23.6 Å². The Bertz CT molecular complexity index is 704. The van der Waals surface area contributed by atoms with Gasteiger partial charge in [0.05, 0.1) is 11.7 Å². The number of nitrogens with one attached hydrogen (secondary N) is 1. The zero-order valence-corrected chi connectivity index (χ0v) is 14.8. The summed E-state index contributed by atoms with van der Waals surface area (Å²) in [7, 11) is 0. The van der Waals surface area contributed by atoms with Crippen molar-refractivity contribution >= 4 is 39.7 Å². The number of aromatic nitrogens is 1. The van der Waals surface area contributed by atoms with E-state index >= 15 is 0 Å². The number of thiazole rings is 1. The van der Waals surface area contributed by atoms with Crippen molar-refractivity contribution in [2.45, 2.75) is 13.0 Å². The number of halogens is 2. The van der Waals surface area contributed by atoms with Crippen LogP contribution in [-0.4, -0.2) is 48.0 Å². The Kier molecular flexibility index (Phi) is 5.33. The van der Waals surface area contributed by atoms with Crippen molar-refractivity contribution in [1.82, 2.24) is 9.88 Å². The van der Waals surface area contributed by atoms with E-state index in [0.29, 0.717) is 5.02 Å². The van der Waals surface area contributed by atoms with Gasteiger partial charge in [-0.3, -0.25) is 9.69 Å². The van der Waals surface area contributed by atoms with Gasteiger partial charge in [-0.1, -0.05) is 11.6 Å². The fourth-order valence-electron chi connectivity index (χ4n) is 2.67. The predicted molar refractivity (Wildman–Crippen MR) is 95.4 cm³/mol. The Labute approximate surface area is 149 Å². The van der Waals surface area contributed by atoms with E-state index < -0.39 is 5.82 Å². The fourth-order valence-corrected chi connectivity index (χ4v) is 3.52. The standard InChI is InChI=1S/C16H18ClFN4OS/c1-11(15(23)20-14-3-2-12(17)10-13(14)18)21-5-7-22(8-6-21)16-19-4-9-24-16/h2-4,9-11H,5-8H2,1H3,(H,20,23)/t11-/m1/s1. The molecule has 2 heterocycles. The minimum absolute atomic E-state index is 0.151. The molecule has 24 heavy (non-hydrogen) atoms. The predicted octanol–water partition coefficient (Wildman–Crippen LogP) is 3.08. The highest BCUT2D eigenvalue weighted by molar-refractivity contribution is 7.13. The number of nitrogens with zero attached hydrogens (tertiary/aromatic N) is 3. The second kappa shape index (κ2) is 7.46. The van der Waals surface area contributed by atoms with Crippen LogP contribution in [0, 0.1) is 5.82 Å². The molecule has 1 amide bonds. The van der Waals surface area contributed by atoms with E-state index in [0.717, 1.165) is 31.3 Å². The molecular weight excluding hydrogens is 351 g/mol. The van der Waals surface area contributed by atoms with Gasteiger partial charge >= 0.3 is 0 Å². The van der Waals surface area contributed by atoms with Crippen LogP contribution in [0.3, 0.4) is 0 Å². The highest BCUT2D eigenvalue weighted by atomic mass is 35.5. The van der Waals surface area contributed by atoms with Crippen molar-refractivity contribution in [3.8, 4) is 0 Å². The van der Waals surface area contributed by atoms with Crippen LogP contribution in [0.25, 0.3) is 0 Å². The van der Waals surface area contributed by atoms with Crippen LogP contribution in [0.2, 0.25) is 5.02 Å². The number of carbonyl (C=O) groups is 1. The fraction of sp³-hybridized carbons (Fsp3) is 0.375. The Morgan fingerprint density at radius 2 is 2.12 bits per heavy atom. The van der Waals surface area contributed by atoms with Gasteiger partial charge in [-0.05, 0) is 25.1 Å². The summed E-state index contributed by atoms with van der Waals surface area (Å²) in [6, 6.07) is 3.88. The molecule has 0 bridgehead atoms. The van der Waals surface area contributed by atoms with Gasteiger partial charge in [-0.15, -0.1) is 11.3 Å². The molecule has 5 nitrogen and oxygen atoms in total. The maximum atomic E-state index is 13.8. The smallest absolute Gasteiger partial charge is 0.241 e.